The first kappa shape index (κ1) is 11.5. The van der Waals surface area contributed by atoms with E-state index in [0.29, 0.717) is 19.1 Å². The van der Waals surface area contributed by atoms with Gasteiger partial charge in [-0.3, -0.25) is 4.79 Å². The lowest BCUT2D eigenvalue weighted by Gasteiger charge is -2.07. The quantitative estimate of drug-likeness (QED) is 0.814. The summed E-state index contributed by atoms with van der Waals surface area (Å²) in [4.78, 5) is 11.6. The molecule has 2 aliphatic rings. The third-order valence-corrected chi connectivity index (χ3v) is 3.37. The Kier molecular flexibility index (Phi) is 3.19. The van der Waals surface area contributed by atoms with Gasteiger partial charge in [0.1, 0.15) is 5.75 Å². The fourth-order valence-corrected chi connectivity index (χ4v) is 2.14. The summed E-state index contributed by atoms with van der Waals surface area (Å²) < 4.78 is 5.45. The zero-order valence-corrected chi connectivity index (χ0v) is 10.4. The summed E-state index contributed by atoms with van der Waals surface area (Å²) in [5, 5.41) is 6.13. The van der Waals surface area contributed by atoms with Crippen molar-refractivity contribution < 1.29 is 9.53 Å². The van der Waals surface area contributed by atoms with Gasteiger partial charge in [-0.15, -0.1) is 0 Å². The summed E-state index contributed by atoms with van der Waals surface area (Å²) in [5.41, 5.74) is 2.39. The van der Waals surface area contributed by atoms with Crippen molar-refractivity contribution >= 4 is 5.91 Å². The van der Waals surface area contributed by atoms with Crippen molar-refractivity contribution in [1.29, 1.82) is 0 Å². The van der Waals surface area contributed by atoms with Crippen molar-refractivity contribution in [2.75, 3.05) is 13.2 Å². The molecule has 0 atom stereocenters. The van der Waals surface area contributed by atoms with E-state index in [1.54, 1.807) is 0 Å². The zero-order valence-electron chi connectivity index (χ0n) is 10.4. The summed E-state index contributed by atoms with van der Waals surface area (Å²) in [5.74, 6) is 1.05. The van der Waals surface area contributed by atoms with Crippen LogP contribution >= 0.6 is 0 Å². The molecule has 2 N–H and O–H groups in total. The monoisotopic (exact) mass is 246 g/mol. The largest absolute Gasteiger partial charge is 0.493 e. The topological polar surface area (TPSA) is 50.4 Å². The van der Waals surface area contributed by atoms with E-state index in [1.807, 2.05) is 12.1 Å². The summed E-state index contributed by atoms with van der Waals surface area (Å²) in [6.45, 7) is 1.80. The van der Waals surface area contributed by atoms with Gasteiger partial charge in [-0.2, -0.15) is 0 Å². The first-order valence-electron chi connectivity index (χ1n) is 6.56. The predicted molar refractivity (Wildman–Crippen MR) is 68.5 cm³/mol. The number of ether oxygens (including phenoxy) is 1. The van der Waals surface area contributed by atoms with Gasteiger partial charge in [0.15, 0.2) is 0 Å². The second kappa shape index (κ2) is 4.98. The second-order valence-electron chi connectivity index (χ2n) is 4.97. The van der Waals surface area contributed by atoms with Gasteiger partial charge in [0.25, 0.3) is 0 Å². The number of rotatable bonds is 5. The van der Waals surface area contributed by atoms with Crippen molar-refractivity contribution in [3.8, 4) is 5.75 Å². The fraction of sp³-hybridized carbons (Fsp3) is 0.500. The normalized spacial score (nSPS) is 17.1. The van der Waals surface area contributed by atoms with Crippen LogP contribution in [0.2, 0.25) is 0 Å². The van der Waals surface area contributed by atoms with Gasteiger partial charge in [0, 0.05) is 19.0 Å². The highest BCUT2D eigenvalue weighted by molar-refractivity contribution is 5.78. The molecule has 1 saturated carbocycles. The Morgan fingerprint density at radius 1 is 1.39 bits per heavy atom. The van der Waals surface area contributed by atoms with Crippen LogP contribution in [0.25, 0.3) is 0 Å². The van der Waals surface area contributed by atoms with Crippen LogP contribution in [0.4, 0.5) is 0 Å². The zero-order chi connectivity index (χ0) is 12.4. The maximum absolute atomic E-state index is 11.6. The summed E-state index contributed by atoms with van der Waals surface area (Å²) >= 11 is 0. The predicted octanol–water partition coefficient (Wildman–Crippen LogP) is 0.990. The molecule has 1 aliphatic heterocycles. The molecule has 0 aromatic heterocycles. The lowest BCUT2D eigenvalue weighted by Crippen LogP contribution is -2.34. The molecule has 4 heteroatoms. The van der Waals surface area contributed by atoms with Crippen LogP contribution in [0, 0.1) is 0 Å². The van der Waals surface area contributed by atoms with Gasteiger partial charge in [0.2, 0.25) is 5.91 Å². The maximum atomic E-state index is 11.6. The van der Waals surface area contributed by atoms with Crippen molar-refractivity contribution in [3.63, 3.8) is 0 Å². The number of amides is 1. The Hall–Kier alpha value is -1.55. The number of carbonyl (C=O) groups is 1. The number of carbonyl (C=O) groups excluding carboxylic acids is 1. The highest BCUT2D eigenvalue weighted by Gasteiger charge is 2.21. The van der Waals surface area contributed by atoms with Crippen LogP contribution in [0.3, 0.4) is 0 Å². The van der Waals surface area contributed by atoms with Crippen LogP contribution in [-0.4, -0.2) is 25.1 Å². The Labute approximate surface area is 107 Å². The summed E-state index contributed by atoms with van der Waals surface area (Å²) in [6, 6.07) is 6.70. The SMILES string of the molecule is O=C(CNC1CC1)NCc1ccc2c(c1)CCO2. The van der Waals surface area contributed by atoms with Gasteiger partial charge >= 0.3 is 0 Å². The average molecular weight is 246 g/mol. The van der Waals surface area contributed by atoms with Crippen LogP contribution in [-0.2, 0) is 17.8 Å². The Balaban J connectivity index is 1.48. The molecule has 1 heterocycles. The molecular weight excluding hydrogens is 228 g/mol. The molecule has 1 aromatic carbocycles. The molecule has 3 rings (SSSR count). The van der Waals surface area contributed by atoms with E-state index in [2.05, 4.69) is 16.7 Å². The lowest BCUT2D eigenvalue weighted by molar-refractivity contribution is -0.120. The Morgan fingerprint density at radius 2 is 2.28 bits per heavy atom. The van der Waals surface area contributed by atoms with Crippen LogP contribution in [0.15, 0.2) is 18.2 Å². The molecule has 4 nitrogen and oxygen atoms in total. The first-order chi connectivity index (χ1) is 8.81. The highest BCUT2D eigenvalue weighted by Crippen LogP contribution is 2.25. The number of nitrogens with one attached hydrogen (secondary N) is 2. The molecule has 1 aromatic rings. The van der Waals surface area contributed by atoms with Gasteiger partial charge in [0.05, 0.1) is 13.2 Å². The van der Waals surface area contributed by atoms with E-state index in [-0.39, 0.29) is 5.91 Å². The molecule has 0 radical (unpaired) electrons. The van der Waals surface area contributed by atoms with E-state index in [9.17, 15) is 4.79 Å². The molecule has 0 unspecified atom stereocenters. The van der Waals surface area contributed by atoms with Crippen LogP contribution < -0.4 is 15.4 Å². The van der Waals surface area contributed by atoms with Gasteiger partial charge in [-0.25, -0.2) is 0 Å². The van der Waals surface area contributed by atoms with Gasteiger partial charge in [-0.1, -0.05) is 12.1 Å². The van der Waals surface area contributed by atoms with E-state index in [0.717, 1.165) is 24.3 Å². The van der Waals surface area contributed by atoms with Gasteiger partial charge in [-0.05, 0) is 30.0 Å². The number of fused-ring (bicyclic) bond motifs is 1. The van der Waals surface area contributed by atoms with Crippen molar-refractivity contribution in [3.05, 3.63) is 29.3 Å². The first-order valence-corrected chi connectivity index (χ1v) is 6.56. The van der Waals surface area contributed by atoms with E-state index in [1.165, 1.54) is 18.4 Å². The van der Waals surface area contributed by atoms with Crippen LogP contribution in [0.5, 0.6) is 5.75 Å². The molecule has 1 aliphatic carbocycles. The fourth-order valence-electron chi connectivity index (χ4n) is 2.14. The number of hydrogen-bond donors (Lipinski definition) is 2. The maximum Gasteiger partial charge on any atom is 0.234 e. The van der Waals surface area contributed by atoms with E-state index < -0.39 is 0 Å². The molecule has 96 valence electrons. The van der Waals surface area contributed by atoms with Gasteiger partial charge < -0.3 is 15.4 Å². The lowest BCUT2D eigenvalue weighted by atomic mass is 10.1. The summed E-state index contributed by atoms with van der Waals surface area (Å²) in [6.07, 6.45) is 3.39. The molecule has 1 amide bonds. The molecule has 1 fully saturated rings. The molecule has 0 saturated heterocycles. The Morgan fingerprint density at radius 3 is 3.11 bits per heavy atom. The number of hydrogen-bond acceptors (Lipinski definition) is 3. The van der Waals surface area contributed by atoms with Crippen LogP contribution in [0.1, 0.15) is 24.0 Å². The molecule has 0 bridgehead atoms. The second-order valence-corrected chi connectivity index (χ2v) is 4.97. The third-order valence-electron chi connectivity index (χ3n) is 3.37. The third kappa shape index (κ3) is 2.82. The minimum atomic E-state index is 0.0682. The minimum Gasteiger partial charge on any atom is -0.493 e. The minimum absolute atomic E-state index is 0.0682. The molecule has 0 spiro atoms. The van der Waals surface area contributed by atoms with E-state index >= 15 is 0 Å². The molecular formula is C14H18N2O2. The molecule has 18 heavy (non-hydrogen) atoms. The van der Waals surface area contributed by atoms with E-state index in [4.69, 9.17) is 4.74 Å². The smallest absolute Gasteiger partial charge is 0.234 e. The van der Waals surface area contributed by atoms with Crippen molar-refractivity contribution in [2.24, 2.45) is 0 Å². The number of benzene rings is 1. The van der Waals surface area contributed by atoms with Crippen molar-refractivity contribution in [1.82, 2.24) is 10.6 Å². The summed E-state index contributed by atoms with van der Waals surface area (Å²) in [7, 11) is 0. The standard InChI is InChI=1S/C14H18N2O2/c17-14(9-15-12-2-3-12)16-8-10-1-4-13-11(7-10)5-6-18-13/h1,4,7,12,15H,2-3,5-6,8-9H2,(H,16,17). The average Bonchev–Trinajstić information content (AvgIpc) is 3.10. The van der Waals surface area contributed by atoms with Crippen molar-refractivity contribution in [2.45, 2.75) is 31.8 Å². The highest BCUT2D eigenvalue weighted by atomic mass is 16.5. The Bertz CT molecular complexity index is 455.